The van der Waals surface area contributed by atoms with E-state index in [0.717, 1.165) is 16.7 Å². The molecule has 0 aliphatic rings. The third-order valence-corrected chi connectivity index (χ3v) is 3.49. The Morgan fingerprint density at radius 3 is 2.08 bits per heavy atom. The van der Waals surface area contributed by atoms with Crippen LogP contribution >= 0.6 is 0 Å². The quantitative estimate of drug-likeness (QED) is 0.781. The molecule has 6 nitrogen and oxygen atoms in total. The smallest absolute Gasteiger partial charge is 0.310 e. The van der Waals surface area contributed by atoms with Crippen LogP contribution in [0, 0.1) is 13.8 Å². The van der Waals surface area contributed by atoms with E-state index in [0.29, 0.717) is 11.4 Å². The zero-order chi connectivity index (χ0) is 19.1. The number of carbonyl (C=O) groups is 3. The summed E-state index contributed by atoms with van der Waals surface area (Å²) in [5, 5.41) is 5.36. The van der Waals surface area contributed by atoms with Crippen molar-refractivity contribution in [1.29, 1.82) is 0 Å². The molecule has 0 aliphatic heterocycles. The van der Waals surface area contributed by atoms with Gasteiger partial charge in [0.2, 0.25) is 5.91 Å². The summed E-state index contributed by atoms with van der Waals surface area (Å²) in [5.41, 5.74) is 4.15. The SMILES string of the molecule is CC(=O)Nc1ccc(CC(=O)OCC(=O)Nc2cc(C)cc(C)c2)cc1. The number of esters is 1. The standard InChI is InChI=1S/C20H22N2O4/c1-13-8-14(2)10-18(9-13)22-19(24)12-26-20(25)11-16-4-6-17(7-5-16)21-15(3)23/h4-10H,11-12H2,1-3H3,(H,21,23)(H,22,24). The van der Waals surface area contributed by atoms with Crippen molar-refractivity contribution in [3.63, 3.8) is 0 Å². The number of rotatable bonds is 6. The molecule has 0 bridgehead atoms. The number of nitrogens with one attached hydrogen (secondary N) is 2. The minimum absolute atomic E-state index is 0.0528. The Hall–Kier alpha value is -3.15. The van der Waals surface area contributed by atoms with Gasteiger partial charge in [-0.2, -0.15) is 0 Å². The first-order valence-corrected chi connectivity index (χ1v) is 8.22. The first-order valence-electron chi connectivity index (χ1n) is 8.22. The Morgan fingerprint density at radius 1 is 0.885 bits per heavy atom. The van der Waals surface area contributed by atoms with E-state index in [-0.39, 0.29) is 24.8 Å². The molecule has 0 heterocycles. The summed E-state index contributed by atoms with van der Waals surface area (Å²) in [4.78, 5) is 34.7. The topological polar surface area (TPSA) is 84.5 Å². The largest absolute Gasteiger partial charge is 0.455 e. The van der Waals surface area contributed by atoms with Crippen LogP contribution in [-0.2, 0) is 25.5 Å². The van der Waals surface area contributed by atoms with Gasteiger partial charge in [-0.1, -0.05) is 18.2 Å². The zero-order valence-corrected chi connectivity index (χ0v) is 15.1. The number of hydrogen-bond acceptors (Lipinski definition) is 4. The second kappa shape index (κ2) is 8.80. The predicted octanol–water partition coefficient (Wildman–Crippen LogP) is 2.99. The minimum atomic E-state index is -0.493. The molecule has 0 spiro atoms. The lowest BCUT2D eigenvalue weighted by Crippen LogP contribution is -2.21. The first-order chi connectivity index (χ1) is 12.3. The van der Waals surface area contributed by atoms with E-state index in [4.69, 9.17) is 4.74 Å². The molecular weight excluding hydrogens is 332 g/mol. The van der Waals surface area contributed by atoms with Crippen molar-refractivity contribution < 1.29 is 19.1 Å². The summed E-state index contributed by atoms with van der Waals surface area (Å²) in [6.07, 6.45) is 0.0528. The maximum atomic E-state index is 11.9. The van der Waals surface area contributed by atoms with Gasteiger partial charge >= 0.3 is 5.97 Å². The maximum absolute atomic E-state index is 11.9. The van der Waals surface area contributed by atoms with E-state index in [2.05, 4.69) is 10.6 Å². The van der Waals surface area contributed by atoms with Gasteiger partial charge in [0, 0.05) is 18.3 Å². The van der Waals surface area contributed by atoms with Crippen molar-refractivity contribution >= 4 is 29.2 Å². The summed E-state index contributed by atoms with van der Waals surface area (Å²) in [5.74, 6) is -1.04. The average Bonchev–Trinajstić information content (AvgIpc) is 2.53. The van der Waals surface area contributed by atoms with Crippen molar-refractivity contribution in [2.45, 2.75) is 27.2 Å². The molecule has 0 aliphatic carbocycles. The predicted molar refractivity (Wildman–Crippen MR) is 100.0 cm³/mol. The minimum Gasteiger partial charge on any atom is -0.455 e. The van der Waals surface area contributed by atoms with Crippen molar-refractivity contribution in [3.8, 4) is 0 Å². The molecule has 0 fully saturated rings. The van der Waals surface area contributed by atoms with E-state index >= 15 is 0 Å². The fourth-order valence-electron chi connectivity index (χ4n) is 2.52. The molecule has 0 radical (unpaired) electrons. The Labute approximate surface area is 152 Å². The van der Waals surface area contributed by atoms with Gasteiger partial charge in [0.25, 0.3) is 5.91 Å². The van der Waals surface area contributed by atoms with Crippen LogP contribution in [-0.4, -0.2) is 24.4 Å². The highest BCUT2D eigenvalue weighted by Gasteiger charge is 2.09. The van der Waals surface area contributed by atoms with Gasteiger partial charge in [-0.3, -0.25) is 14.4 Å². The van der Waals surface area contributed by atoms with Crippen LogP contribution < -0.4 is 10.6 Å². The fraction of sp³-hybridized carbons (Fsp3) is 0.250. The molecule has 0 unspecified atom stereocenters. The van der Waals surface area contributed by atoms with Crippen LogP contribution in [0.2, 0.25) is 0 Å². The summed E-state index contributed by atoms with van der Waals surface area (Å²) in [7, 11) is 0. The van der Waals surface area contributed by atoms with E-state index in [1.54, 1.807) is 24.3 Å². The zero-order valence-electron chi connectivity index (χ0n) is 15.1. The van der Waals surface area contributed by atoms with Gasteiger partial charge in [0.1, 0.15) is 0 Å². The molecule has 0 atom stereocenters. The van der Waals surface area contributed by atoms with Crippen LogP contribution in [0.25, 0.3) is 0 Å². The van der Waals surface area contributed by atoms with Crippen LogP contribution in [0.5, 0.6) is 0 Å². The highest BCUT2D eigenvalue weighted by molar-refractivity contribution is 5.93. The molecule has 0 saturated carbocycles. The number of anilines is 2. The molecule has 2 rings (SSSR count). The van der Waals surface area contributed by atoms with Gasteiger partial charge < -0.3 is 15.4 Å². The van der Waals surface area contributed by atoms with Crippen molar-refractivity contribution in [2.24, 2.45) is 0 Å². The number of benzene rings is 2. The Morgan fingerprint density at radius 2 is 1.50 bits per heavy atom. The van der Waals surface area contributed by atoms with E-state index < -0.39 is 5.97 Å². The van der Waals surface area contributed by atoms with E-state index in [1.807, 2.05) is 32.0 Å². The molecule has 2 N–H and O–H groups in total. The van der Waals surface area contributed by atoms with Crippen molar-refractivity contribution in [3.05, 3.63) is 59.2 Å². The number of amides is 2. The van der Waals surface area contributed by atoms with Crippen LogP contribution in [0.15, 0.2) is 42.5 Å². The van der Waals surface area contributed by atoms with Gasteiger partial charge in [-0.05, 0) is 54.8 Å². The molecule has 0 saturated heterocycles. The van der Waals surface area contributed by atoms with Crippen molar-refractivity contribution in [1.82, 2.24) is 0 Å². The number of ether oxygens (including phenoxy) is 1. The Kier molecular flexibility index (Phi) is 6.49. The lowest BCUT2D eigenvalue weighted by Gasteiger charge is -2.09. The van der Waals surface area contributed by atoms with Gasteiger partial charge in [0.15, 0.2) is 6.61 Å². The summed E-state index contributed by atoms with van der Waals surface area (Å²) < 4.78 is 5.01. The first kappa shape index (κ1) is 19.2. The lowest BCUT2D eigenvalue weighted by atomic mass is 10.1. The normalized spacial score (nSPS) is 10.1. The van der Waals surface area contributed by atoms with Crippen LogP contribution in [0.4, 0.5) is 11.4 Å². The third kappa shape index (κ3) is 6.39. The second-order valence-corrected chi connectivity index (χ2v) is 6.14. The monoisotopic (exact) mass is 354 g/mol. The molecule has 2 amide bonds. The third-order valence-electron chi connectivity index (χ3n) is 3.49. The number of carbonyl (C=O) groups excluding carboxylic acids is 3. The highest BCUT2D eigenvalue weighted by Crippen LogP contribution is 2.14. The molecule has 26 heavy (non-hydrogen) atoms. The average molecular weight is 354 g/mol. The molecule has 2 aromatic carbocycles. The summed E-state index contributed by atoms with van der Waals surface area (Å²) in [6.45, 7) is 4.98. The van der Waals surface area contributed by atoms with Gasteiger partial charge in [-0.15, -0.1) is 0 Å². The molecule has 0 aromatic heterocycles. The van der Waals surface area contributed by atoms with Crippen molar-refractivity contribution in [2.75, 3.05) is 17.2 Å². The molecule has 136 valence electrons. The van der Waals surface area contributed by atoms with E-state index in [1.165, 1.54) is 6.92 Å². The fourth-order valence-corrected chi connectivity index (χ4v) is 2.52. The van der Waals surface area contributed by atoms with Crippen LogP contribution in [0.3, 0.4) is 0 Å². The maximum Gasteiger partial charge on any atom is 0.310 e. The van der Waals surface area contributed by atoms with Crippen LogP contribution in [0.1, 0.15) is 23.6 Å². The number of aryl methyl sites for hydroxylation is 2. The Balaban J connectivity index is 1.80. The molecule has 6 heteroatoms. The summed E-state index contributed by atoms with van der Waals surface area (Å²) in [6, 6.07) is 12.6. The summed E-state index contributed by atoms with van der Waals surface area (Å²) >= 11 is 0. The van der Waals surface area contributed by atoms with E-state index in [9.17, 15) is 14.4 Å². The molecule has 2 aromatic rings. The lowest BCUT2D eigenvalue weighted by molar-refractivity contribution is -0.146. The highest BCUT2D eigenvalue weighted by atomic mass is 16.5. The van der Waals surface area contributed by atoms with Gasteiger partial charge in [0.05, 0.1) is 6.42 Å². The Bertz CT molecular complexity index is 793. The van der Waals surface area contributed by atoms with Gasteiger partial charge in [-0.25, -0.2) is 0 Å². The second-order valence-electron chi connectivity index (χ2n) is 6.14. The molecular formula is C20H22N2O4. The number of hydrogen-bond donors (Lipinski definition) is 2.